The SMILES string of the molecule is C#CC(NN)c1ccc2c(c1)CCO2. The minimum absolute atomic E-state index is 0.221. The van der Waals surface area contributed by atoms with Gasteiger partial charge in [0.25, 0.3) is 0 Å². The largest absolute Gasteiger partial charge is 0.493 e. The van der Waals surface area contributed by atoms with E-state index in [0.29, 0.717) is 0 Å². The Balaban J connectivity index is 2.33. The van der Waals surface area contributed by atoms with Gasteiger partial charge in [-0.1, -0.05) is 12.0 Å². The maximum atomic E-state index is 5.40. The minimum Gasteiger partial charge on any atom is -0.493 e. The van der Waals surface area contributed by atoms with Crippen molar-refractivity contribution in [3.05, 3.63) is 29.3 Å². The van der Waals surface area contributed by atoms with Gasteiger partial charge in [-0.15, -0.1) is 6.42 Å². The van der Waals surface area contributed by atoms with Gasteiger partial charge in [0, 0.05) is 6.42 Å². The van der Waals surface area contributed by atoms with Gasteiger partial charge >= 0.3 is 0 Å². The Labute approximate surface area is 83.2 Å². The molecule has 1 heterocycles. The van der Waals surface area contributed by atoms with Crippen molar-refractivity contribution >= 4 is 0 Å². The van der Waals surface area contributed by atoms with Crippen LogP contribution in [-0.2, 0) is 6.42 Å². The van der Waals surface area contributed by atoms with E-state index < -0.39 is 0 Å². The number of benzene rings is 1. The van der Waals surface area contributed by atoms with Crippen LogP contribution in [0.5, 0.6) is 5.75 Å². The van der Waals surface area contributed by atoms with E-state index in [1.165, 1.54) is 5.56 Å². The van der Waals surface area contributed by atoms with Crippen molar-refractivity contribution in [3.8, 4) is 18.1 Å². The fraction of sp³-hybridized carbons (Fsp3) is 0.273. The van der Waals surface area contributed by atoms with Gasteiger partial charge in [-0.2, -0.15) is 0 Å². The van der Waals surface area contributed by atoms with Gasteiger partial charge in [0.2, 0.25) is 0 Å². The number of hydrogen-bond acceptors (Lipinski definition) is 3. The third-order valence-corrected chi connectivity index (χ3v) is 2.38. The molecular weight excluding hydrogens is 176 g/mol. The Bertz CT molecular complexity index is 381. The first-order valence-electron chi connectivity index (χ1n) is 4.53. The smallest absolute Gasteiger partial charge is 0.122 e. The second-order valence-electron chi connectivity index (χ2n) is 3.23. The van der Waals surface area contributed by atoms with Crippen LogP contribution in [0.1, 0.15) is 17.2 Å². The van der Waals surface area contributed by atoms with Crippen LogP contribution < -0.4 is 16.0 Å². The fourth-order valence-corrected chi connectivity index (χ4v) is 1.63. The average Bonchev–Trinajstić information content (AvgIpc) is 2.66. The predicted molar refractivity (Wildman–Crippen MR) is 54.5 cm³/mol. The summed E-state index contributed by atoms with van der Waals surface area (Å²) in [5.41, 5.74) is 4.80. The highest BCUT2D eigenvalue weighted by atomic mass is 16.5. The Morgan fingerprint density at radius 1 is 1.57 bits per heavy atom. The lowest BCUT2D eigenvalue weighted by Gasteiger charge is -2.10. The predicted octanol–water partition coefficient (Wildman–Crippen LogP) is 0.759. The van der Waals surface area contributed by atoms with Crippen LogP contribution in [0, 0.1) is 12.3 Å². The molecule has 0 saturated heterocycles. The molecule has 3 nitrogen and oxygen atoms in total. The van der Waals surface area contributed by atoms with Crippen LogP contribution in [0.2, 0.25) is 0 Å². The number of ether oxygens (including phenoxy) is 1. The lowest BCUT2D eigenvalue weighted by atomic mass is 10.0. The zero-order chi connectivity index (χ0) is 9.97. The van der Waals surface area contributed by atoms with Crippen LogP contribution in [0.4, 0.5) is 0 Å². The molecule has 0 aliphatic carbocycles. The zero-order valence-electron chi connectivity index (χ0n) is 7.79. The highest BCUT2D eigenvalue weighted by Crippen LogP contribution is 2.27. The summed E-state index contributed by atoms with van der Waals surface area (Å²) in [5.74, 6) is 8.88. The standard InChI is InChI=1S/C11H12N2O/c1-2-10(13-12)8-3-4-11-9(7-8)5-6-14-11/h1,3-4,7,10,13H,5-6,12H2. The van der Waals surface area contributed by atoms with Gasteiger partial charge in [-0.3, -0.25) is 5.84 Å². The van der Waals surface area contributed by atoms with E-state index in [9.17, 15) is 0 Å². The van der Waals surface area contributed by atoms with Crippen molar-refractivity contribution < 1.29 is 4.74 Å². The summed E-state index contributed by atoms with van der Waals surface area (Å²) in [6.07, 6.45) is 6.29. The molecule has 0 saturated carbocycles. The summed E-state index contributed by atoms with van der Waals surface area (Å²) in [6, 6.07) is 5.71. The lowest BCUT2D eigenvalue weighted by molar-refractivity contribution is 0.357. The number of terminal acetylenes is 1. The number of nitrogens with one attached hydrogen (secondary N) is 1. The van der Waals surface area contributed by atoms with E-state index in [1.54, 1.807) is 0 Å². The van der Waals surface area contributed by atoms with E-state index in [4.69, 9.17) is 17.0 Å². The average molecular weight is 188 g/mol. The van der Waals surface area contributed by atoms with Gasteiger partial charge in [0.05, 0.1) is 6.61 Å². The van der Waals surface area contributed by atoms with Crippen molar-refractivity contribution in [1.82, 2.24) is 5.43 Å². The van der Waals surface area contributed by atoms with Crippen LogP contribution >= 0.6 is 0 Å². The van der Waals surface area contributed by atoms with E-state index in [1.807, 2.05) is 18.2 Å². The monoisotopic (exact) mass is 188 g/mol. The molecule has 1 aromatic carbocycles. The van der Waals surface area contributed by atoms with Gasteiger partial charge in [0.15, 0.2) is 0 Å². The first-order valence-corrected chi connectivity index (χ1v) is 4.53. The number of hydrogen-bond donors (Lipinski definition) is 2. The molecule has 0 bridgehead atoms. The van der Waals surface area contributed by atoms with Gasteiger partial charge < -0.3 is 4.74 Å². The molecule has 3 heteroatoms. The highest BCUT2D eigenvalue weighted by molar-refractivity contribution is 5.42. The summed E-state index contributed by atoms with van der Waals surface area (Å²) in [7, 11) is 0. The Kier molecular flexibility index (Phi) is 2.40. The Hall–Kier alpha value is -1.50. The highest BCUT2D eigenvalue weighted by Gasteiger charge is 2.14. The molecule has 0 aromatic heterocycles. The summed E-state index contributed by atoms with van der Waals surface area (Å²) >= 11 is 0. The van der Waals surface area contributed by atoms with Crippen molar-refractivity contribution in [1.29, 1.82) is 0 Å². The molecule has 0 fully saturated rings. The molecule has 14 heavy (non-hydrogen) atoms. The van der Waals surface area contributed by atoms with Gasteiger partial charge in [-0.25, -0.2) is 5.43 Å². The number of fused-ring (bicyclic) bond motifs is 1. The van der Waals surface area contributed by atoms with Crippen LogP contribution in [0.15, 0.2) is 18.2 Å². The molecular formula is C11H12N2O. The van der Waals surface area contributed by atoms with Crippen LogP contribution in [-0.4, -0.2) is 6.61 Å². The zero-order valence-corrected chi connectivity index (χ0v) is 7.79. The molecule has 1 atom stereocenters. The summed E-state index contributed by atoms with van der Waals surface area (Å²) < 4.78 is 5.40. The van der Waals surface area contributed by atoms with Crippen molar-refractivity contribution in [2.24, 2.45) is 5.84 Å². The third-order valence-electron chi connectivity index (χ3n) is 2.38. The van der Waals surface area contributed by atoms with E-state index >= 15 is 0 Å². The summed E-state index contributed by atoms with van der Waals surface area (Å²) in [6.45, 7) is 0.759. The first kappa shape index (κ1) is 9.07. The molecule has 2 rings (SSSR count). The molecule has 72 valence electrons. The Morgan fingerprint density at radius 2 is 2.43 bits per heavy atom. The molecule has 1 aromatic rings. The van der Waals surface area contributed by atoms with Crippen LogP contribution in [0.25, 0.3) is 0 Å². The van der Waals surface area contributed by atoms with E-state index in [2.05, 4.69) is 11.3 Å². The normalized spacial score (nSPS) is 15.4. The first-order chi connectivity index (χ1) is 6.85. The molecule has 3 N–H and O–H groups in total. The van der Waals surface area contributed by atoms with E-state index in [0.717, 1.165) is 24.3 Å². The molecule has 1 aliphatic heterocycles. The second kappa shape index (κ2) is 3.70. The number of rotatable bonds is 2. The fourth-order valence-electron chi connectivity index (χ4n) is 1.63. The number of nitrogens with two attached hydrogens (primary N) is 1. The molecule has 1 unspecified atom stereocenters. The maximum absolute atomic E-state index is 5.40. The minimum atomic E-state index is -0.221. The van der Waals surface area contributed by atoms with Crippen molar-refractivity contribution in [2.75, 3.05) is 6.61 Å². The Morgan fingerprint density at radius 3 is 3.14 bits per heavy atom. The quantitative estimate of drug-likeness (QED) is 0.409. The third kappa shape index (κ3) is 1.46. The molecule has 0 amide bonds. The van der Waals surface area contributed by atoms with Crippen molar-refractivity contribution in [3.63, 3.8) is 0 Å². The molecule has 0 radical (unpaired) electrons. The second-order valence-corrected chi connectivity index (χ2v) is 3.23. The maximum Gasteiger partial charge on any atom is 0.122 e. The van der Waals surface area contributed by atoms with Gasteiger partial charge in [-0.05, 0) is 23.3 Å². The topological polar surface area (TPSA) is 47.3 Å². The summed E-state index contributed by atoms with van der Waals surface area (Å²) in [4.78, 5) is 0. The molecule has 1 aliphatic rings. The van der Waals surface area contributed by atoms with Gasteiger partial charge in [0.1, 0.15) is 11.8 Å². The number of hydrazine groups is 1. The van der Waals surface area contributed by atoms with Crippen LogP contribution in [0.3, 0.4) is 0 Å². The van der Waals surface area contributed by atoms with E-state index in [-0.39, 0.29) is 6.04 Å². The lowest BCUT2D eigenvalue weighted by Crippen LogP contribution is -2.26. The summed E-state index contributed by atoms with van der Waals surface area (Å²) in [5, 5.41) is 0. The van der Waals surface area contributed by atoms with Crippen molar-refractivity contribution in [2.45, 2.75) is 12.5 Å². The molecule has 0 spiro atoms.